The summed E-state index contributed by atoms with van der Waals surface area (Å²) in [5.74, 6) is 0.981. The zero-order valence-corrected chi connectivity index (χ0v) is 15.1. The summed E-state index contributed by atoms with van der Waals surface area (Å²) in [6.45, 7) is 4.87. The number of rotatable bonds is 7. The van der Waals surface area contributed by atoms with E-state index in [0.717, 1.165) is 5.75 Å². The summed E-state index contributed by atoms with van der Waals surface area (Å²) in [7, 11) is 0. The minimum Gasteiger partial charge on any atom is -0.493 e. The van der Waals surface area contributed by atoms with E-state index in [4.69, 9.17) is 27.9 Å². The zero-order valence-electron chi connectivity index (χ0n) is 13.6. The monoisotopic (exact) mass is 366 g/mol. The quantitative estimate of drug-likeness (QED) is 0.718. The minimum atomic E-state index is -0.188. The summed E-state index contributed by atoms with van der Waals surface area (Å²) in [6.07, 6.45) is 0. The number of nitrogens with one attached hydrogen (secondary N) is 2. The van der Waals surface area contributed by atoms with Crippen molar-refractivity contribution in [3.05, 3.63) is 52.5 Å². The van der Waals surface area contributed by atoms with Gasteiger partial charge in [-0.05, 0) is 36.2 Å². The lowest BCUT2D eigenvalue weighted by molar-refractivity contribution is -0.114. The average molecular weight is 367 g/mol. The Morgan fingerprint density at radius 2 is 1.96 bits per heavy atom. The molecule has 4 nitrogen and oxygen atoms in total. The SMILES string of the molecule is CC(C)COc1cccc(NC(=O)CNc2cc(Cl)ccc2Cl)c1. The number of amides is 1. The molecule has 24 heavy (non-hydrogen) atoms. The topological polar surface area (TPSA) is 50.4 Å². The van der Waals surface area contributed by atoms with Gasteiger partial charge >= 0.3 is 0 Å². The normalized spacial score (nSPS) is 10.5. The fraction of sp³-hybridized carbons (Fsp3) is 0.278. The van der Waals surface area contributed by atoms with Crippen molar-refractivity contribution in [2.45, 2.75) is 13.8 Å². The number of ether oxygens (including phenoxy) is 1. The lowest BCUT2D eigenvalue weighted by Gasteiger charge is -2.12. The van der Waals surface area contributed by atoms with E-state index in [1.54, 1.807) is 24.3 Å². The van der Waals surface area contributed by atoms with Crippen molar-refractivity contribution in [2.75, 3.05) is 23.8 Å². The molecule has 0 aromatic heterocycles. The van der Waals surface area contributed by atoms with E-state index >= 15 is 0 Å². The molecule has 0 aliphatic heterocycles. The Morgan fingerprint density at radius 1 is 1.17 bits per heavy atom. The summed E-state index contributed by atoms with van der Waals surface area (Å²) < 4.78 is 5.65. The van der Waals surface area contributed by atoms with Crippen molar-refractivity contribution < 1.29 is 9.53 Å². The first-order valence-corrected chi connectivity index (χ1v) is 8.41. The number of anilines is 2. The number of carbonyl (C=O) groups is 1. The van der Waals surface area contributed by atoms with Crippen LogP contribution in [0.2, 0.25) is 10.0 Å². The molecule has 0 saturated carbocycles. The molecule has 2 aromatic carbocycles. The van der Waals surface area contributed by atoms with Crippen LogP contribution in [0.4, 0.5) is 11.4 Å². The second kappa shape index (κ2) is 8.81. The number of hydrogen-bond acceptors (Lipinski definition) is 3. The third-order valence-corrected chi connectivity index (χ3v) is 3.63. The number of benzene rings is 2. The molecule has 0 heterocycles. The van der Waals surface area contributed by atoms with Crippen molar-refractivity contribution in [2.24, 2.45) is 5.92 Å². The second-order valence-corrected chi connectivity index (χ2v) is 6.60. The van der Waals surface area contributed by atoms with Crippen LogP contribution in [0, 0.1) is 5.92 Å². The van der Waals surface area contributed by atoms with Gasteiger partial charge in [0.15, 0.2) is 0 Å². The van der Waals surface area contributed by atoms with Crippen LogP contribution in [0.1, 0.15) is 13.8 Å². The third-order valence-electron chi connectivity index (χ3n) is 3.07. The van der Waals surface area contributed by atoms with Gasteiger partial charge < -0.3 is 15.4 Å². The predicted molar refractivity (Wildman–Crippen MR) is 100 cm³/mol. The number of hydrogen-bond donors (Lipinski definition) is 2. The number of halogens is 2. The summed E-state index contributed by atoms with van der Waals surface area (Å²) in [4.78, 5) is 12.1. The van der Waals surface area contributed by atoms with E-state index in [-0.39, 0.29) is 12.5 Å². The first kappa shape index (κ1) is 18.4. The third kappa shape index (κ3) is 5.95. The molecule has 0 aliphatic rings. The van der Waals surface area contributed by atoms with Gasteiger partial charge in [-0.25, -0.2) is 0 Å². The Balaban J connectivity index is 1.90. The largest absolute Gasteiger partial charge is 0.493 e. The van der Waals surface area contributed by atoms with Crippen LogP contribution < -0.4 is 15.4 Å². The standard InChI is InChI=1S/C18H20Cl2N2O2/c1-12(2)11-24-15-5-3-4-14(9-15)22-18(23)10-21-17-8-13(19)6-7-16(17)20/h3-9,12,21H,10-11H2,1-2H3,(H,22,23). The molecule has 0 unspecified atom stereocenters. The molecule has 0 atom stereocenters. The molecule has 6 heteroatoms. The highest BCUT2D eigenvalue weighted by atomic mass is 35.5. The van der Waals surface area contributed by atoms with Crippen molar-refractivity contribution in [3.8, 4) is 5.75 Å². The summed E-state index contributed by atoms with van der Waals surface area (Å²) in [5, 5.41) is 6.85. The van der Waals surface area contributed by atoms with Gasteiger partial charge in [-0.2, -0.15) is 0 Å². The maximum Gasteiger partial charge on any atom is 0.243 e. The van der Waals surface area contributed by atoms with Gasteiger partial charge in [0.25, 0.3) is 0 Å². The second-order valence-electron chi connectivity index (χ2n) is 5.76. The first-order valence-electron chi connectivity index (χ1n) is 7.65. The Labute approximate surface area is 152 Å². The van der Waals surface area contributed by atoms with Crippen molar-refractivity contribution in [1.29, 1.82) is 0 Å². The molecule has 0 radical (unpaired) electrons. The molecular weight excluding hydrogens is 347 g/mol. The molecule has 1 amide bonds. The van der Waals surface area contributed by atoms with Crippen LogP contribution in [-0.4, -0.2) is 19.1 Å². The van der Waals surface area contributed by atoms with E-state index in [2.05, 4.69) is 24.5 Å². The van der Waals surface area contributed by atoms with Crippen LogP contribution in [0.5, 0.6) is 5.75 Å². The van der Waals surface area contributed by atoms with Crippen molar-refractivity contribution in [1.82, 2.24) is 0 Å². The highest BCUT2D eigenvalue weighted by molar-refractivity contribution is 6.35. The van der Waals surface area contributed by atoms with E-state index < -0.39 is 0 Å². The summed E-state index contributed by atoms with van der Waals surface area (Å²) >= 11 is 12.0. The van der Waals surface area contributed by atoms with E-state index in [1.807, 2.05) is 18.2 Å². The van der Waals surface area contributed by atoms with Crippen LogP contribution >= 0.6 is 23.2 Å². The molecule has 0 aliphatic carbocycles. The molecular formula is C18H20Cl2N2O2. The lowest BCUT2D eigenvalue weighted by atomic mass is 10.2. The number of carbonyl (C=O) groups excluding carboxylic acids is 1. The molecule has 0 spiro atoms. The van der Waals surface area contributed by atoms with Gasteiger partial charge in [0, 0.05) is 16.8 Å². The molecule has 0 fully saturated rings. The molecule has 0 bridgehead atoms. The first-order chi connectivity index (χ1) is 11.4. The van der Waals surface area contributed by atoms with Crippen LogP contribution in [-0.2, 0) is 4.79 Å². The molecule has 2 aromatic rings. The summed E-state index contributed by atoms with van der Waals surface area (Å²) in [5.41, 5.74) is 1.30. The van der Waals surface area contributed by atoms with E-state index in [0.29, 0.717) is 33.9 Å². The van der Waals surface area contributed by atoms with Gasteiger partial charge in [0.2, 0.25) is 5.91 Å². The predicted octanol–water partition coefficient (Wildman–Crippen LogP) is 5.08. The maximum atomic E-state index is 12.1. The van der Waals surface area contributed by atoms with Crippen molar-refractivity contribution in [3.63, 3.8) is 0 Å². The Morgan fingerprint density at radius 3 is 2.71 bits per heavy atom. The smallest absolute Gasteiger partial charge is 0.243 e. The highest BCUT2D eigenvalue weighted by Crippen LogP contribution is 2.25. The maximum absolute atomic E-state index is 12.1. The van der Waals surface area contributed by atoms with E-state index in [1.165, 1.54) is 0 Å². The van der Waals surface area contributed by atoms with Gasteiger partial charge in [-0.1, -0.05) is 43.1 Å². The molecule has 2 N–H and O–H groups in total. The molecule has 0 saturated heterocycles. The minimum absolute atomic E-state index is 0.0805. The van der Waals surface area contributed by atoms with Crippen molar-refractivity contribution >= 4 is 40.5 Å². The van der Waals surface area contributed by atoms with E-state index in [9.17, 15) is 4.79 Å². The van der Waals surface area contributed by atoms with Gasteiger partial charge in [0.05, 0.1) is 23.9 Å². The Kier molecular flexibility index (Phi) is 6.76. The van der Waals surface area contributed by atoms with Crippen LogP contribution in [0.15, 0.2) is 42.5 Å². The lowest BCUT2D eigenvalue weighted by Crippen LogP contribution is -2.21. The van der Waals surface area contributed by atoms with Gasteiger partial charge in [-0.3, -0.25) is 4.79 Å². The Bertz CT molecular complexity index is 705. The molecule has 2 rings (SSSR count). The Hall–Kier alpha value is -1.91. The highest BCUT2D eigenvalue weighted by Gasteiger charge is 2.06. The van der Waals surface area contributed by atoms with Gasteiger partial charge in [-0.15, -0.1) is 0 Å². The fourth-order valence-electron chi connectivity index (χ4n) is 1.94. The zero-order chi connectivity index (χ0) is 17.5. The molecule has 128 valence electrons. The summed E-state index contributed by atoms with van der Waals surface area (Å²) in [6, 6.07) is 12.4. The van der Waals surface area contributed by atoms with Gasteiger partial charge in [0.1, 0.15) is 5.75 Å². The van der Waals surface area contributed by atoms with Crippen LogP contribution in [0.25, 0.3) is 0 Å². The average Bonchev–Trinajstić information content (AvgIpc) is 2.54. The van der Waals surface area contributed by atoms with Crippen LogP contribution in [0.3, 0.4) is 0 Å². The fourth-order valence-corrected chi connectivity index (χ4v) is 2.30.